The predicted molar refractivity (Wildman–Crippen MR) is 149 cm³/mol. The molecule has 2 aromatic carbocycles. The van der Waals surface area contributed by atoms with Gasteiger partial charge in [-0.3, -0.25) is 19.2 Å². The predicted octanol–water partition coefficient (Wildman–Crippen LogP) is -0.227. The van der Waals surface area contributed by atoms with Gasteiger partial charge in [0.2, 0.25) is 24.1 Å². The van der Waals surface area contributed by atoms with Crippen molar-refractivity contribution in [3.8, 4) is 5.75 Å². The van der Waals surface area contributed by atoms with Crippen molar-refractivity contribution >= 4 is 35.8 Å². The lowest BCUT2D eigenvalue weighted by atomic mass is 10.0. The van der Waals surface area contributed by atoms with Crippen molar-refractivity contribution in [2.45, 2.75) is 37.8 Å². The molecule has 4 aliphatic rings. The van der Waals surface area contributed by atoms with Gasteiger partial charge in [-0.1, -0.05) is 24.3 Å². The molecule has 218 valence electrons. The largest absolute Gasteiger partial charge is 0.492 e. The first-order valence-electron chi connectivity index (χ1n) is 13.0. The zero-order valence-corrected chi connectivity index (χ0v) is 22.4. The molecule has 4 aliphatic heterocycles. The maximum absolute atomic E-state index is 12.7. The van der Waals surface area contributed by atoms with Crippen LogP contribution in [-0.2, 0) is 36.8 Å². The molecule has 0 radical (unpaired) electrons. The lowest BCUT2D eigenvalue weighted by Crippen LogP contribution is -2.50. The highest BCUT2D eigenvalue weighted by atomic mass is 16.5. The number of nitrogens with two attached hydrogens (primary N) is 1. The summed E-state index contributed by atoms with van der Waals surface area (Å²) in [5.41, 5.74) is 8.36. The van der Waals surface area contributed by atoms with Crippen molar-refractivity contribution in [2.24, 2.45) is 5.73 Å². The van der Waals surface area contributed by atoms with E-state index in [9.17, 15) is 29.1 Å². The monoisotopic (exact) mass is 566 g/mol. The van der Waals surface area contributed by atoms with E-state index in [1.807, 2.05) is 0 Å². The Bertz CT molecular complexity index is 1250. The molecule has 41 heavy (non-hydrogen) atoms. The number of hydrogen-bond donors (Lipinski definition) is 7. The molecule has 0 aliphatic carbocycles. The number of nitrogens with one attached hydrogen (secondary N) is 5. The lowest BCUT2D eigenvalue weighted by Gasteiger charge is -2.18. The summed E-state index contributed by atoms with van der Waals surface area (Å²) in [4.78, 5) is 60.3. The zero-order valence-electron chi connectivity index (χ0n) is 22.4. The smallest absolute Gasteiger partial charge is 0.326 e. The molecule has 8 N–H and O–H groups in total. The average Bonchev–Trinajstić information content (AvgIpc) is 2.95. The van der Waals surface area contributed by atoms with Gasteiger partial charge in [0.15, 0.2) is 0 Å². The number of anilines is 1. The molecule has 2 unspecified atom stereocenters. The van der Waals surface area contributed by atoms with Crippen LogP contribution in [0.5, 0.6) is 5.75 Å². The first kappa shape index (κ1) is 30.5. The summed E-state index contributed by atoms with van der Waals surface area (Å²) >= 11 is 0. The standard InChI is InChI=1S/C28H34N6O7/c29-20-5-10-25(36)33-21-6-1-18(2-7-21)14-24(28(39)40)34-26(37)16-31-27(38)23(32-17-35)13-19-3-8-22(9-4-19)41-12-11-30-15-20/h1-4,6-9,15,17,23-24,30H,5,10-14,16,29H2,(H,31,38)(H,32,35)(H,33,36)(H,34,37)(H,39,40). The van der Waals surface area contributed by atoms with Gasteiger partial charge in [0, 0.05) is 43.4 Å². The Morgan fingerprint density at radius 3 is 2.34 bits per heavy atom. The number of ether oxygens (including phenoxy) is 1. The molecular weight excluding hydrogens is 532 g/mol. The van der Waals surface area contributed by atoms with Gasteiger partial charge in [-0.05, 0) is 41.8 Å². The molecule has 2 atom stereocenters. The van der Waals surface area contributed by atoms with Gasteiger partial charge in [-0.25, -0.2) is 4.79 Å². The number of carboxylic acid groups (broad SMARTS) is 1. The van der Waals surface area contributed by atoms with Crippen molar-refractivity contribution in [1.29, 1.82) is 0 Å². The van der Waals surface area contributed by atoms with E-state index in [-0.39, 0.29) is 25.2 Å². The first-order chi connectivity index (χ1) is 19.7. The summed E-state index contributed by atoms with van der Waals surface area (Å²) in [6.07, 6.45) is 2.67. The minimum atomic E-state index is -1.25. The number of amides is 4. The van der Waals surface area contributed by atoms with E-state index in [1.165, 1.54) is 0 Å². The van der Waals surface area contributed by atoms with Crippen LogP contribution in [0.1, 0.15) is 24.0 Å². The number of rotatable bonds is 3. The summed E-state index contributed by atoms with van der Waals surface area (Å²) in [5, 5.41) is 22.7. The Kier molecular flexibility index (Phi) is 11.5. The third-order valence-electron chi connectivity index (χ3n) is 6.13. The molecule has 4 heterocycles. The fourth-order valence-electron chi connectivity index (χ4n) is 3.95. The summed E-state index contributed by atoms with van der Waals surface area (Å²) in [5.74, 6) is -2.20. The zero-order chi connectivity index (χ0) is 29.6. The summed E-state index contributed by atoms with van der Waals surface area (Å²) in [6.45, 7) is 0.343. The fraction of sp³-hybridized carbons (Fsp3) is 0.321. The van der Waals surface area contributed by atoms with Crippen molar-refractivity contribution in [3.05, 3.63) is 71.6 Å². The highest BCUT2D eigenvalue weighted by Gasteiger charge is 2.23. The molecule has 13 heteroatoms. The number of hydrogen-bond acceptors (Lipinski definition) is 8. The average molecular weight is 567 g/mol. The number of allylic oxidation sites excluding steroid dienone is 1. The lowest BCUT2D eigenvalue weighted by molar-refractivity contribution is -0.141. The molecule has 4 amide bonds. The van der Waals surface area contributed by atoms with Gasteiger partial charge in [-0.2, -0.15) is 0 Å². The van der Waals surface area contributed by atoms with Crippen LogP contribution < -0.4 is 37.1 Å². The van der Waals surface area contributed by atoms with Gasteiger partial charge in [0.25, 0.3) is 0 Å². The maximum Gasteiger partial charge on any atom is 0.326 e. The van der Waals surface area contributed by atoms with Gasteiger partial charge >= 0.3 is 5.97 Å². The normalized spacial score (nSPS) is 19.7. The van der Waals surface area contributed by atoms with Gasteiger partial charge in [-0.15, -0.1) is 0 Å². The number of benzene rings is 2. The minimum absolute atomic E-state index is 0.0212. The first-order valence-corrected chi connectivity index (χ1v) is 13.0. The van der Waals surface area contributed by atoms with E-state index in [2.05, 4.69) is 26.6 Å². The third kappa shape index (κ3) is 10.5. The van der Waals surface area contributed by atoms with Crippen LogP contribution >= 0.6 is 0 Å². The molecule has 0 saturated heterocycles. The van der Waals surface area contributed by atoms with Crippen LogP contribution in [0.2, 0.25) is 0 Å². The Morgan fingerprint density at radius 2 is 1.66 bits per heavy atom. The van der Waals surface area contributed by atoms with Crippen molar-refractivity contribution in [3.63, 3.8) is 0 Å². The second-order valence-corrected chi connectivity index (χ2v) is 9.33. The SMILES string of the molecule is NC1=CNCCOc2ccc(cc2)CC(NC=O)C(=O)NCC(=O)NC(C(=O)O)Cc2ccc(cc2)NC(=O)CC1. The quantitative estimate of drug-likeness (QED) is 0.245. The highest BCUT2D eigenvalue weighted by Crippen LogP contribution is 2.14. The number of carbonyl (C=O) groups is 5. The van der Waals surface area contributed by atoms with Crippen molar-refractivity contribution in [2.75, 3.05) is 25.0 Å². The van der Waals surface area contributed by atoms with Crippen LogP contribution in [0, 0.1) is 0 Å². The Morgan fingerprint density at radius 1 is 0.976 bits per heavy atom. The third-order valence-corrected chi connectivity index (χ3v) is 6.13. The van der Waals surface area contributed by atoms with Crippen molar-refractivity contribution in [1.82, 2.24) is 21.3 Å². The topological polar surface area (TPSA) is 201 Å². The summed E-state index contributed by atoms with van der Waals surface area (Å²) in [7, 11) is 0. The molecule has 0 saturated carbocycles. The van der Waals surface area contributed by atoms with Gasteiger partial charge in [0.05, 0.1) is 6.54 Å². The summed E-state index contributed by atoms with van der Waals surface area (Å²) in [6, 6.07) is 11.3. The van der Waals surface area contributed by atoms with Gasteiger partial charge < -0.3 is 42.2 Å². The fourth-order valence-corrected chi connectivity index (χ4v) is 3.95. The molecule has 0 spiro atoms. The van der Waals surface area contributed by atoms with E-state index in [1.54, 1.807) is 54.7 Å². The van der Waals surface area contributed by atoms with E-state index in [4.69, 9.17) is 10.5 Å². The number of aliphatic carboxylic acids is 1. The molecular formula is C28H34N6O7. The minimum Gasteiger partial charge on any atom is -0.492 e. The number of carboxylic acids is 1. The van der Waals surface area contributed by atoms with Crippen LogP contribution in [-0.4, -0.2) is 67.0 Å². The Labute approximate surface area is 236 Å². The Balaban J connectivity index is 1.73. The maximum atomic E-state index is 12.7. The molecule has 13 nitrogen and oxygen atoms in total. The molecule has 2 aromatic rings. The molecule has 0 fully saturated rings. The number of carbonyl (C=O) groups excluding carboxylic acids is 4. The van der Waals surface area contributed by atoms with E-state index in [0.29, 0.717) is 48.7 Å². The van der Waals surface area contributed by atoms with Gasteiger partial charge in [0.1, 0.15) is 24.4 Å². The second-order valence-electron chi connectivity index (χ2n) is 9.33. The second kappa shape index (κ2) is 15.5. The molecule has 6 rings (SSSR count). The van der Waals surface area contributed by atoms with Crippen LogP contribution in [0.4, 0.5) is 5.69 Å². The Hall–Kier alpha value is -5.07. The van der Waals surface area contributed by atoms with E-state index >= 15 is 0 Å². The van der Waals surface area contributed by atoms with Crippen molar-refractivity contribution < 1.29 is 33.8 Å². The highest BCUT2D eigenvalue weighted by molar-refractivity contribution is 5.91. The van der Waals surface area contributed by atoms with E-state index in [0.717, 1.165) is 5.56 Å². The van der Waals surface area contributed by atoms with E-state index < -0.39 is 36.4 Å². The summed E-state index contributed by atoms with van der Waals surface area (Å²) < 4.78 is 5.69. The molecule has 0 aromatic heterocycles. The molecule has 4 bridgehead atoms. The van der Waals surface area contributed by atoms with Crippen LogP contribution in [0.15, 0.2) is 60.4 Å². The van der Waals surface area contributed by atoms with Crippen LogP contribution in [0.25, 0.3) is 0 Å². The van der Waals surface area contributed by atoms with Crippen LogP contribution in [0.3, 0.4) is 0 Å².